The fourth-order valence-corrected chi connectivity index (χ4v) is 2.40. The van der Waals surface area contributed by atoms with Crippen molar-refractivity contribution in [3.63, 3.8) is 0 Å². The highest BCUT2D eigenvalue weighted by Gasteiger charge is 2.35. The van der Waals surface area contributed by atoms with Gasteiger partial charge in [0.25, 0.3) is 0 Å². The molecule has 1 rings (SSSR count). The Morgan fingerprint density at radius 3 is 2.48 bits per heavy atom. The quantitative estimate of drug-likeness (QED) is 0.683. The monoisotopic (exact) mass is 320 g/mol. The summed E-state index contributed by atoms with van der Waals surface area (Å²) < 4.78 is 5.92. The van der Waals surface area contributed by atoms with Gasteiger partial charge < -0.3 is 20.9 Å². The van der Waals surface area contributed by atoms with Crippen LogP contribution in [0.15, 0.2) is 11.6 Å². The van der Waals surface area contributed by atoms with Crippen molar-refractivity contribution >= 4 is 24.3 Å². The molecular formula is C14H25ClN2O4. The number of rotatable bonds is 6. The average Bonchev–Trinajstić information content (AvgIpc) is 2.38. The van der Waals surface area contributed by atoms with E-state index in [1.165, 1.54) is 6.92 Å². The van der Waals surface area contributed by atoms with Crippen molar-refractivity contribution in [2.75, 3.05) is 0 Å². The lowest BCUT2D eigenvalue weighted by molar-refractivity contribution is -0.133. The van der Waals surface area contributed by atoms with Crippen molar-refractivity contribution in [3.8, 4) is 0 Å². The van der Waals surface area contributed by atoms with Gasteiger partial charge in [-0.15, -0.1) is 12.4 Å². The van der Waals surface area contributed by atoms with Gasteiger partial charge in [-0.05, 0) is 25.3 Å². The van der Waals surface area contributed by atoms with Gasteiger partial charge in [0.15, 0.2) is 0 Å². The van der Waals surface area contributed by atoms with Crippen LogP contribution in [0, 0.1) is 0 Å². The number of halogens is 1. The number of ether oxygens (including phenoxy) is 1. The van der Waals surface area contributed by atoms with Crippen LogP contribution in [0.3, 0.4) is 0 Å². The molecule has 7 heteroatoms. The van der Waals surface area contributed by atoms with Gasteiger partial charge in [-0.25, -0.2) is 4.79 Å². The molecular weight excluding hydrogens is 296 g/mol. The Hall–Kier alpha value is -1.11. The summed E-state index contributed by atoms with van der Waals surface area (Å²) in [6.07, 6.45) is 2.97. The molecule has 0 saturated heterocycles. The van der Waals surface area contributed by atoms with E-state index in [0.717, 1.165) is 12.8 Å². The standard InChI is InChI=1S/C14H24N2O4.ClH/c1-4-10(5-2)20-12-7-9(14(18)19)6-11(15)13(12)16-8(3)17;/h7,10-13H,4-6,15H2,1-3H3,(H,16,17)(H,18,19);1H/t11-,12-,13-;/m1./s1. The fourth-order valence-electron chi connectivity index (χ4n) is 2.40. The lowest BCUT2D eigenvalue weighted by Crippen LogP contribution is -2.57. The molecule has 0 aromatic carbocycles. The number of amides is 1. The van der Waals surface area contributed by atoms with Gasteiger partial charge in [-0.3, -0.25) is 4.79 Å². The molecule has 0 spiro atoms. The molecule has 0 unspecified atom stereocenters. The molecule has 21 heavy (non-hydrogen) atoms. The molecule has 4 N–H and O–H groups in total. The van der Waals surface area contributed by atoms with Gasteiger partial charge >= 0.3 is 5.97 Å². The number of carboxylic acid groups (broad SMARTS) is 1. The van der Waals surface area contributed by atoms with E-state index in [1.807, 2.05) is 13.8 Å². The molecule has 6 nitrogen and oxygen atoms in total. The number of carbonyl (C=O) groups excluding carboxylic acids is 1. The molecule has 1 aliphatic carbocycles. The van der Waals surface area contributed by atoms with E-state index in [4.69, 9.17) is 15.6 Å². The summed E-state index contributed by atoms with van der Waals surface area (Å²) in [4.78, 5) is 22.4. The third-order valence-electron chi connectivity index (χ3n) is 3.54. The van der Waals surface area contributed by atoms with E-state index < -0.39 is 24.2 Å². The number of carboxylic acids is 1. The zero-order valence-corrected chi connectivity index (χ0v) is 13.5. The van der Waals surface area contributed by atoms with E-state index in [2.05, 4.69) is 5.32 Å². The van der Waals surface area contributed by atoms with Gasteiger partial charge in [-0.2, -0.15) is 0 Å². The zero-order chi connectivity index (χ0) is 15.3. The summed E-state index contributed by atoms with van der Waals surface area (Å²) in [5.74, 6) is -1.18. The zero-order valence-electron chi connectivity index (χ0n) is 12.7. The highest BCUT2D eigenvalue weighted by molar-refractivity contribution is 5.87. The highest BCUT2D eigenvalue weighted by Crippen LogP contribution is 2.23. The Morgan fingerprint density at radius 2 is 2.05 bits per heavy atom. The normalized spacial score (nSPS) is 25.0. The van der Waals surface area contributed by atoms with Crippen LogP contribution in [-0.4, -0.2) is 41.3 Å². The molecule has 1 amide bonds. The molecule has 0 aliphatic heterocycles. The lowest BCUT2D eigenvalue weighted by atomic mass is 9.88. The summed E-state index contributed by atoms with van der Waals surface area (Å²) in [5.41, 5.74) is 6.25. The van der Waals surface area contributed by atoms with Crippen molar-refractivity contribution in [1.29, 1.82) is 0 Å². The van der Waals surface area contributed by atoms with E-state index >= 15 is 0 Å². The van der Waals surface area contributed by atoms with Crippen LogP contribution in [0.25, 0.3) is 0 Å². The Balaban J connectivity index is 0.00000400. The van der Waals surface area contributed by atoms with E-state index in [1.54, 1.807) is 6.08 Å². The van der Waals surface area contributed by atoms with Crippen LogP contribution in [0.1, 0.15) is 40.0 Å². The molecule has 0 radical (unpaired) electrons. The van der Waals surface area contributed by atoms with Crippen LogP contribution in [0.4, 0.5) is 0 Å². The molecule has 1 aliphatic rings. The number of nitrogens with two attached hydrogens (primary N) is 1. The third kappa shape index (κ3) is 5.65. The second-order valence-corrected chi connectivity index (χ2v) is 5.13. The number of carbonyl (C=O) groups is 2. The van der Waals surface area contributed by atoms with Crippen molar-refractivity contribution in [2.24, 2.45) is 5.73 Å². The maximum absolute atomic E-state index is 11.3. The molecule has 3 atom stereocenters. The minimum Gasteiger partial charge on any atom is -0.478 e. The van der Waals surface area contributed by atoms with Crippen molar-refractivity contribution in [2.45, 2.75) is 64.3 Å². The van der Waals surface area contributed by atoms with Crippen molar-refractivity contribution in [3.05, 3.63) is 11.6 Å². The third-order valence-corrected chi connectivity index (χ3v) is 3.54. The molecule has 0 aromatic heterocycles. The van der Waals surface area contributed by atoms with Gasteiger partial charge in [0, 0.05) is 18.5 Å². The Kier molecular flexibility index (Phi) is 8.54. The van der Waals surface area contributed by atoms with Gasteiger partial charge in [-0.1, -0.05) is 13.8 Å². The van der Waals surface area contributed by atoms with Crippen molar-refractivity contribution in [1.82, 2.24) is 5.32 Å². The first kappa shape index (κ1) is 19.9. The Bertz CT molecular complexity index is 396. The molecule has 0 saturated carbocycles. The fraction of sp³-hybridized carbons (Fsp3) is 0.714. The van der Waals surface area contributed by atoms with Crippen LogP contribution in [-0.2, 0) is 14.3 Å². The number of aliphatic carboxylic acids is 1. The van der Waals surface area contributed by atoms with Gasteiger partial charge in [0.1, 0.15) is 0 Å². The van der Waals surface area contributed by atoms with Crippen molar-refractivity contribution < 1.29 is 19.4 Å². The second-order valence-electron chi connectivity index (χ2n) is 5.13. The first-order valence-electron chi connectivity index (χ1n) is 7.01. The molecule has 0 aromatic rings. The first-order valence-corrected chi connectivity index (χ1v) is 7.01. The predicted molar refractivity (Wildman–Crippen MR) is 82.4 cm³/mol. The van der Waals surface area contributed by atoms with Gasteiger partial charge in [0.2, 0.25) is 5.91 Å². The maximum atomic E-state index is 11.3. The van der Waals surface area contributed by atoms with E-state index in [0.29, 0.717) is 0 Å². The first-order chi connectivity index (χ1) is 9.38. The van der Waals surface area contributed by atoms with Crippen LogP contribution in [0.5, 0.6) is 0 Å². The number of hydrogen-bond donors (Lipinski definition) is 3. The van der Waals surface area contributed by atoms with Gasteiger partial charge in [0.05, 0.1) is 18.2 Å². The summed E-state index contributed by atoms with van der Waals surface area (Å²) in [6, 6.07) is -0.856. The summed E-state index contributed by atoms with van der Waals surface area (Å²) in [5, 5.41) is 11.9. The predicted octanol–water partition coefficient (Wildman–Crippen LogP) is 1.23. The molecule has 0 fully saturated rings. The maximum Gasteiger partial charge on any atom is 0.331 e. The van der Waals surface area contributed by atoms with Crippen LogP contribution in [0.2, 0.25) is 0 Å². The largest absolute Gasteiger partial charge is 0.478 e. The summed E-state index contributed by atoms with van der Waals surface area (Å²) in [6.45, 7) is 5.43. The highest BCUT2D eigenvalue weighted by atomic mass is 35.5. The minimum atomic E-state index is -0.986. The van der Waals surface area contributed by atoms with E-state index in [9.17, 15) is 9.59 Å². The number of hydrogen-bond acceptors (Lipinski definition) is 4. The topological polar surface area (TPSA) is 102 Å². The Morgan fingerprint density at radius 1 is 1.48 bits per heavy atom. The summed E-state index contributed by atoms with van der Waals surface area (Å²) >= 11 is 0. The lowest BCUT2D eigenvalue weighted by Gasteiger charge is -2.36. The molecule has 0 bridgehead atoms. The smallest absolute Gasteiger partial charge is 0.331 e. The van der Waals surface area contributed by atoms with Crippen LogP contribution < -0.4 is 11.1 Å². The SMILES string of the molecule is CCC(CC)O[C@@H]1C=C(C(=O)O)C[C@@H](N)[C@H]1NC(C)=O.Cl. The average molecular weight is 321 g/mol. The van der Waals surface area contributed by atoms with Crippen LogP contribution >= 0.6 is 12.4 Å². The van der Waals surface area contributed by atoms with E-state index in [-0.39, 0.29) is 36.4 Å². The minimum absolute atomic E-state index is 0. The molecule has 0 heterocycles. The Labute approximate surface area is 131 Å². The summed E-state index contributed by atoms with van der Waals surface area (Å²) in [7, 11) is 0. The second kappa shape index (κ2) is 9.02. The number of nitrogens with one attached hydrogen (secondary N) is 1. The molecule has 122 valence electrons.